The monoisotopic (exact) mass is 268 g/mol. The van der Waals surface area contributed by atoms with Crippen molar-refractivity contribution >= 4 is 5.97 Å². The number of carbonyl (C=O) groups is 1. The zero-order chi connectivity index (χ0) is 13.8. The van der Waals surface area contributed by atoms with E-state index in [4.69, 9.17) is 5.11 Å². The van der Waals surface area contributed by atoms with Crippen molar-refractivity contribution in [2.45, 2.75) is 6.36 Å². The smallest absolute Gasteiger partial charge is 0.487 e. The van der Waals surface area contributed by atoms with Gasteiger partial charge in [-0.1, -0.05) is 6.07 Å². The highest BCUT2D eigenvalue weighted by molar-refractivity contribution is 5.90. The third kappa shape index (κ3) is 4.21. The average Bonchev–Trinajstić information content (AvgIpc) is 2.24. The van der Waals surface area contributed by atoms with Gasteiger partial charge < -0.3 is 9.84 Å². The van der Waals surface area contributed by atoms with Crippen molar-refractivity contribution in [3.05, 3.63) is 29.6 Å². The molecule has 0 saturated heterocycles. The van der Waals surface area contributed by atoms with Crippen molar-refractivity contribution in [1.29, 1.82) is 0 Å². The molecule has 0 radical (unpaired) electrons. The van der Waals surface area contributed by atoms with E-state index in [2.05, 4.69) is 9.47 Å². The van der Waals surface area contributed by atoms with Crippen molar-refractivity contribution in [2.75, 3.05) is 13.2 Å². The predicted molar refractivity (Wildman–Crippen MR) is 50.9 cm³/mol. The molecule has 0 aliphatic rings. The van der Waals surface area contributed by atoms with Crippen LogP contribution in [-0.4, -0.2) is 30.7 Å². The fraction of sp³-hybridized carbons (Fsp3) is 0.300. The lowest BCUT2D eigenvalue weighted by Gasteiger charge is -2.11. The Morgan fingerprint density at radius 2 is 1.94 bits per heavy atom. The molecular formula is C10H8F4O4. The lowest BCUT2D eigenvalue weighted by molar-refractivity contribution is -0.325. The fourth-order valence-electron chi connectivity index (χ4n) is 1.13. The number of rotatable bonds is 5. The number of carboxylic acid groups (broad SMARTS) is 1. The van der Waals surface area contributed by atoms with Crippen LogP contribution in [0.5, 0.6) is 5.75 Å². The van der Waals surface area contributed by atoms with Crippen LogP contribution in [-0.2, 0) is 4.74 Å². The number of ether oxygens (including phenoxy) is 2. The van der Waals surface area contributed by atoms with E-state index in [0.717, 1.165) is 18.2 Å². The van der Waals surface area contributed by atoms with Crippen LogP contribution in [0, 0.1) is 5.82 Å². The van der Waals surface area contributed by atoms with Gasteiger partial charge in [-0.05, 0) is 12.1 Å². The van der Waals surface area contributed by atoms with E-state index in [-0.39, 0.29) is 0 Å². The largest absolute Gasteiger partial charge is 0.522 e. The van der Waals surface area contributed by atoms with Gasteiger partial charge in [-0.3, -0.25) is 4.74 Å². The number of hydrogen-bond donors (Lipinski definition) is 1. The Morgan fingerprint density at radius 1 is 1.28 bits per heavy atom. The molecule has 4 nitrogen and oxygen atoms in total. The SMILES string of the molecule is O=C(O)c1cccc(F)c1OCCOC(F)(F)F. The second kappa shape index (κ2) is 5.67. The fourth-order valence-corrected chi connectivity index (χ4v) is 1.13. The molecule has 1 rings (SSSR count). The molecule has 0 aliphatic carbocycles. The second-order valence-corrected chi connectivity index (χ2v) is 3.06. The molecule has 0 atom stereocenters. The maximum absolute atomic E-state index is 13.2. The van der Waals surface area contributed by atoms with Crippen molar-refractivity contribution in [3.8, 4) is 5.75 Å². The van der Waals surface area contributed by atoms with Gasteiger partial charge in [0.2, 0.25) is 0 Å². The summed E-state index contributed by atoms with van der Waals surface area (Å²) in [5, 5.41) is 8.72. The Labute approximate surface area is 98.7 Å². The molecule has 0 unspecified atom stereocenters. The molecule has 1 N–H and O–H groups in total. The minimum Gasteiger partial charge on any atom is -0.487 e. The summed E-state index contributed by atoms with van der Waals surface area (Å²) in [6, 6.07) is 3.16. The van der Waals surface area contributed by atoms with Crippen LogP contribution in [0.3, 0.4) is 0 Å². The average molecular weight is 268 g/mol. The van der Waals surface area contributed by atoms with Crippen molar-refractivity contribution in [1.82, 2.24) is 0 Å². The Kier molecular flexibility index (Phi) is 4.49. The maximum atomic E-state index is 13.2. The first kappa shape index (κ1) is 14.2. The van der Waals surface area contributed by atoms with E-state index in [0.29, 0.717) is 0 Å². The number of halogens is 4. The molecule has 0 fully saturated rings. The van der Waals surface area contributed by atoms with Crippen LogP contribution in [0.25, 0.3) is 0 Å². The zero-order valence-electron chi connectivity index (χ0n) is 8.83. The molecule has 1 aromatic rings. The minimum absolute atomic E-state index is 0.470. The highest BCUT2D eigenvalue weighted by Gasteiger charge is 2.28. The van der Waals surface area contributed by atoms with Gasteiger partial charge in [-0.2, -0.15) is 0 Å². The second-order valence-electron chi connectivity index (χ2n) is 3.06. The van der Waals surface area contributed by atoms with Gasteiger partial charge >= 0.3 is 12.3 Å². The molecule has 18 heavy (non-hydrogen) atoms. The van der Waals surface area contributed by atoms with Gasteiger partial charge in [-0.15, -0.1) is 13.2 Å². The third-order valence-electron chi connectivity index (χ3n) is 1.79. The molecular weight excluding hydrogens is 260 g/mol. The van der Waals surface area contributed by atoms with Gasteiger partial charge in [0.1, 0.15) is 12.2 Å². The molecule has 0 spiro atoms. The van der Waals surface area contributed by atoms with Gasteiger partial charge in [0.25, 0.3) is 0 Å². The van der Waals surface area contributed by atoms with Crippen molar-refractivity contribution < 1.29 is 36.9 Å². The number of hydrogen-bond acceptors (Lipinski definition) is 3. The van der Waals surface area contributed by atoms with Crippen molar-refractivity contribution in [3.63, 3.8) is 0 Å². The highest BCUT2D eigenvalue weighted by atomic mass is 19.4. The van der Waals surface area contributed by atoms with Crippen LogP contribution < -0.4 is 4.74 Å². The Morgan fingerprint density at radius 3 is 2.50 bits per heavy atom. The van der Waals surface area contributed by atoms with Crippen LogP contribution in [0.4, 0.5) is 17.6 Å². The third-order valence-corrected chi connectivity index (χ3v) is 1.79. The first-order valence-electron chi connectivity index (χ1n) is 4.66. The van der Waals surface area contributed by atoms with E-state index in [9.17, 15) is 22.4 Å². The molecule has 100 valence electrons. The predicted octanol–water partition coefficient (Wildman–Crippen LogP) is 2.44. The van der Waals surface area contributed by atoms with Crippen LogP contribution in [0.2, 0.25) is 0 Å². The highest BCUT2D eigenvalue weighted by Crippen LogP contribution is 2.23. The summed E-state index contributed by atoms with van der Waals surface area (Å²) in [7, 11) is 0. The summed E-state index contributed by atoms with van der Waals surface area (Å²) in [5.74, 6) is -3.03. The summed E-state index contributed by atoms with van der Waals surface area (Å²) < 4.78 is 56.1. The van der Waals surface area contributed by atoms with E-state index in [1.807, 2.05) is 0 Å². The minimum atomic E-state index is -4.81. The van der Waals surface area contributed by atoms with Crippen LogP contribution >= 0.6 is 0 Å². The molecule has 0 aliphatic heterocycles. The summed E-state index contributed by atoms with van der Waals surface area (Å²) in [6.45, 7) is -1.49. The molecule has 0 heterocycles. The Bertz CT molecular complexity index is 430. The molecule has 0 aromatic heterocycles. The summed E-state index contributed by atoms with van der Waals surface area (Å²) in [6.07, 6.45) is -4.81. The first-order chi connectivity index (χ1) is 8.31. The van der Waals surface area contributed by atoms with E-state index < -0.39 is 42.7 Å². The maximum Gasteiger partial charge on any atom is 0.522 e. The summed E-state index contributed by atoms with van der Waals surface area (Å²) in [4.78, 5) is 10.7. The number of para-hydroxylation sites is 1. The molecule has 0 bridgehead atoms. The molecule has 1 aromatic carbocycles. The van der Waals surface area contributed by atoms with Crippen molar-refractivity contribution in [2.24, 2.45) is 0 Å². The molecule has 0 saturated carbocycles. The van der Waals surface area contributed by atoms with Gasteiger partial charge in [0.15, 0.2) is 11.6 Å². The topological polar surface area (TPSA) is 55.8 Å². The number of alkyl halides is 3. The van der Waals surface area contributed by atoms with E-state index in [1.165, 1.54) is 0 Å². The Balaban J connectivity index is 2.64. The summed E-state index contributed by atoms with van der Waals surface area (Å²) in [5.41, 5.74) is -0.470. The molecule has 0 amide bonds. The number of carboxylic acids is 1. The standard InChI is InChI=1S/C10H8F4O4/c11-7-3-1-2-6(9(15)16)8(7)17-4-5-18-10(12,13)14/h1-3H,4-5H2,(H,15,16). The van der Waals surface area contributed by atoms with Gasteiger partial charge in [0, 0.05) is 0 Å². The molecule has 8 heteroatoms. The van der Waals surface area contributed by atoms with Gasteiger partial charge in [0.05, 0.1) is 6.61 Å². The van der Waals surface area contributed by atoms with Crippen LogP contribution in [0.1, 0.15) is 10.4 Å². The number of aromatic carboxylic acids is 1. The summed E-state index contributed by atoms with van der Waals surface area (Å²) >= 11 is 0. The van der Waals surface area contributed by atoms with E-state index >= 15 is 0 Å². The normalized spacial score (nSPS) is 11.3. The lowest BCUT2D eigenvalue weighted by Crippen LogP contribution is -2.19. The van der Waals surface area contributed by atoms with Crippen LogP contribution in [0.15, 0.2) is 18.2 Å². The number of benzene rings is 1. The Hall–Kier alpha value is -1.83. The first-order valence-corrected chi connectivity index (χ1v) is 4.66. The van der Waals surface area contributed by atoms with Gasteiger partial charge in [-0.25, -0.2) is 9.18 Å². The lowest BCUT2D eigenvalue weighted by atomic mass is 10.2. The zero-order valence-corrected chi connectivity index (χ0v) is 8.83. The van der Waals surface area contributed by atoms with E-state index in [1.54, 1.807) is 0 Å². The quantitative estimate of drug-likeness (QED) is 0.658.